The Morgan fingerprint density at radius 3 is 1.37 bits per heavy atom. The van der Waals surface area contributed by atoms with E-state index in [4.69, 9.17) is 23.4 Å². The van der Waals surface area contributed by atoms with Gasteiger partial charge in [-0.3, -0.25) is 4.79 Å². The van der Waals surface area contributed by atoms with E-state index in [1.165, 1.54) is 12.1 Å². The molecule has 2 aliphatic heterocycles. The Kier molecular flexibility index (Phi) is 11.0. The highest BCUT2D eigenvalue weighted by Gasteiger charge is 2.53. The van der Waals surface area contributed by atoms with E-state index in [0.717, 1.165) is 24.3 Å². The molecule has 10 nitrogen and oxygen atoms in total. The number of carbonyl (C=O) groups is 1. The number of halogens is 6. The minimum absolute atomic E-state index is 0.0302. The van der Waals surface area contributed by atoms with Crippen LogP contribution in [0.1, 0.15) is 69.2 Å². The second-order valence-electron chi connectivity index (χ2n) is 14.6. The van der Waals surface area contributed by atoms with E-state index in [1.54, 1.807) is 69.2 Å². The van der Waals surface area contributed by atoms with Crippen molar-refractivity contribution < 1.29 is 68.2 Å². The summed E-state index contributed by atoms with van der Waals surface area (Å²) in [5.74, 6) is -2.75. The van der Waals surface area contributed by atoms with Gasteiger partial charge in [-0.2, -0.15) is 0 Å². The van der Waals surface area contributed by atoms with Gasteiger partial charge in [0.25, 0.3) is 0 Å². The SMILES string of the molecule is CC(C)COC(=O)CN=S(=O)(c1cc(OC(F)(F)F)cc(B2OC(C)(C)C(C)(C)O2)c1)c1cc(OC(F)(F)F)cc(B2OC(C)(C)C(C)(C)O2)c1. The summed E-state index contributed by atoms with van der Waals surface area (Å²) in [6.07, 6.45) is -10.4. The molecular weight excluding hydrogens is 710 g/mol. The van der Waals surface area contributed by atoms with Crippen LogP contribution in [0.4, 0.5) is 26.3 Å². The summed E-state index contributed by atoms with van der Waals surface area (Å²) in [5.41, 5.74) is -3.97. The number of nitrogens with zero attached hydrogens (tertiary/aromatic N) is 1. The summed E-state index contributed by atoms with van der Waals surface area (Å²) in [4.78, 5) is 11.8. The third kappa shape index (κ3) is 9.52. The molecule has 0 spiro atoms. The molecule has 0 N–H and O–H groups in total. The highest BCUT2D eigenvalue weighted by atomic mass is 32.2. The number of ether oxygens (including phenoxy) is 3. The quantitative estimate of drug-likeness (QED) is 0.160. The molecule has 2 aromatic carbocycles. The molecule has 0 saturated carbocycles. The fraction of sp³-hybridized carbons (Fsp3) is 0.594. The Bertz CT molecular complexity index is 1620. The van der Waals surface area contributed by atoms with Gasteiger partial charge >= 0.3 is 32.9 Å². The van der Waals surface area contributed by atoms with Gasteiger partial charge in [-0.1, -0.05) is 13.8 Å². The van der Waals surface area contributed by atoms with E-state index in [9.17, 15) is 31.1 Å². The third-order valence-electron chi connectivity index (χ3n) is 8.91. The highest BCUT2D eigenvalue weighted by Crippen LogP contribution is 2.40. The number of rotatable bonds is 10. The number of carbonyl (C=O) groups excluding carboxylic acids is 1. The zero-order valence-corrected chi connectivity index (χ0v) is 30.7. The second-order valence-corrected chi connectivity index (χ2v) is 16.9. The maximum Gasteiger partial charge on any atom is 0.573 e. The standard InChI is InChI=1S/C32H41B2F6NO9S/c1-19(2)18-44-26(42)17-41-51(43,24-13-20(11-22(15-24)45-31(35,36)37)33-47-27(3,4)28(5,6)48-33)25-14-21(12-23(16-25)46-32(38,39)40)34-49-29(7,8)30(9,10)50-34/h11-16,19H,17-18H2,1-10H3. The van der Waals surface area contributed by atoms with E-state index < -0.39 is 92.9 Å². The lowest BCUT2D eigenvalue weighted by Gasteiger charge is -2.32. The Morgan fingerprint density at radius 1 is 0.706 bits per heavy atom. The first kappa shape index (κ1) is 40.8. The highest BCUT2D eigenvalue weighted by molar-refractivity contribution is 7.93. The predicted molar refractivity (Wildman–Crippen MR) is 175 cm³/mol. The van der Waals surface area contributed by atoms with Crippen LogP contribution >= 0.6 is 0 Å². The lowest BCUT2D eigenvalue weighted by Crippen LogP contribution is -2.41. The van der Waals surface area contributed by atoms with Crippen LogP contribution in [0.2, 0.25) is 0 Å². The molecule has 0 amide bonds. The van der Waals surface area contributed by atoms with Crippen molar-refractivity contribution >= 4 is 40.9 Å². The van der Waals surface area contributed by atoms with Crippen LogP contribution in [-0.4, -0.2) is 72.7 Å². The number of alkyl halides is 6. The minimum Gasteiger partial charge on any atom is -0.464 e. The van der Waals surface area contributed by atoms with E-state index in [-0.39, 0.29) is 23.5 Å². The Hall–Kier alpha value is -2.99. The molecule has 2 aliphatic rings. The van der Waals surface area contributed by atoms with Crippen LogP contribution < -0.4 is 20.4 Å². The monoisotopic (exact) mass is 751 g/mol. The molecule has 51 heavy (non-hydrogen) atoms. The van der Waals surface area contributed by atoms with Crippen LogP contribution in [0.15, 0.2) is 50.6 Å². The van der Waals surface area contributed by atoms with Gasteiger partial charge in [-0.15, -0.1) is 26.3 Å². The minimum atomic E-state index is -5.21. The van der Waals surface area contributed by atoms with Crippen LogP contribution in [0.25, 0.3) is 0 Å². The number of hydrogen-bond acceptors (Lipinski definition) is 10. The van der Waals surface area contributed by atoms with Gasteiger partial charge in [-0.05, 0) is 109 Å². The number of hydrogen-bond donors (Lipinski definition) is 0. The van der Waals surface area contributed by atoms with Crippen molar-refractivity contribution in [1.82, 2.24) is 0 Å². The van der Waals surface area contributed by atoms with Gasteiger partial charge in [0.05, 0.1) is 38.8 Å². The number of esters is 1. The molecule has 0 bridgehead atoms. The van der Waals surface area contributed by atoms with Crippen LogP contribution in [0, 0.1) is 5.92 Å². The average Bonchev–Trinajstić information content (AvgIpc) is 3.32. The van der Waals surface area contributed by atoms with Crippen LogP contribution in [-0.2, 0) is 37.9 Å². The Balaban J connectivity index is 2.00. The van der Waals surface area contributed by atoms with E-state index >= 15 is 4.21 Å². The summed E-state index contributed by atoms with van der Waals surface area (Å²) < 4.78 is 139. The van der Waals surface area contributed by atoms with E-state index in [1.807, 2.05) is 0 Å². The molecule has 4 rings (SSSR count). The Morgan fingerprint density at radius 2 is 1.06 bits per heavy atom. The van der Waals surface area contributed by atoms with E-state index in [2.05, 4.69) is 13.8 Å². The number of benzene rings is 2. The molecule has 0 unspecified atom stereocenters. The van der Waals surface area contributed by atoms with Gasteiger partial charge in [0.15, 0.2) is 0 Å². The van der Waals surface area contributed by atoms with Gasteiger partial charge in [-0.25, -0.2) is 8.57 Å². The summed E-state index contributed by atoms with van der Waals surface area (Å²) in [5, 5.41) is 0. The van der Waals surface area contributed by atoms with Crippen molar-refractivity contribution in [2.24, 2.45) is 10.3 Å². The molecular formula is C32H41B2F6NO9S. The summed E-state index contributed by atoms with van der Waals surface area (Å²) in [6, 6.07) is 5.80. The lowest BCUT2D eigenvalue weighted by atomic mass is 9.79. The van der Waals surface area contributed by atoms with Crippen LogP contribution in [0.5, 0.6) is 11.5 Å². The first-order chi connectivity index (χ1) is 23.0. The lowest BCUT2D eigenvalue weighted by molar-refractivity contribution is -0.275. The molecule has 2 fully saturated rings. The van der Waals surface area contributed by atoms with E-state index in [0.29, 0.717) is 0 Å². The molecule has 19 heteroatoms. The van der Waals surface area contributed by atoms with Crippen molar-refractivity contribution in [2.75, 3.05) is 13.2 Å². The average molecular weight is 751 g/mol. The first-order valence-electron chi connectivity index (χ1n) is 15.9. The van der Waals surface area contributed by atoms with Crippen molar-refractivity contribution in [3.8, 4) is 11.5 Å². The summed E-state index contributed by atoms with van der Waals surface area (Å²) in [7, 11) is -6.95. The maximum absolute atomic E-state index is 15.3. The maximum atomic E-state index is 15.3. The molecule has 0 atom stereocenters. The molecule has 2 aromatic rings. The molecule has 2 saturated heterocycles. The second kappa shape index (κ2) is 13.8. The summed E-state index contributed by atoms with van der Waals surface area (Å²) >= 11 is 0. The van der Waals surface area contributed by atoms with Crippen LogP contribution in [0.3, 0.4) is 0 Å². The van der Waals surface area contributed by atoms with Gasteiger partial charge in [0.1, 0.15) is 27.8 Å². The fourth-order valence-corrected chi connectivity index (χ4v) is 6.86. The zero-order valence-electron chi connectivity index (χ0n) is 29.9. The first-order valence-corrected chi connectivity index (χ1v) is 17.5. The molecule has 0 aliphatic carbocycles. The van der Waals surface area contributed by atoms with Gasteiger partial charge in [0.2, 0.25) is 0 Å². The smallest absolute Gasteiger partial charge is 0.464 e. The fourth-order valence-electron chi connectivity index (χ4n) is 4.86. The van der Waals surface area contributed by atoms with Gasteiger partial charge < -0.3 is 32.8 Å². The van der Waals surface area contributed by atoms with Crippen molar-refractivity contribution in [2.45, 2.75) is 114 Å². The molecule has 0 aromatic heterocycles. The zero-order chi connectivity index (χ0) is 38.6. The largest absolute Gasteiger partial charge is 0.573 e. The third-order valence-corrected chi connectivity index (χ3v) is 11.2. The van der Waals surface area contributed by atoms with Crippen molar-refractivity contribution in [1.29, 1.82) is 0 Å². The van der Waals surface area contributed by atoms with Crippen molar-refractivity contribution in [3.63, 3.8) is 0 Å². The Labute approximate surface area is 294 Å². The molecule has 0 radical (unpaired) electrons. The predicted octanol–water partition coefficient (Wildman–Crippen LogP) is 6.17. The van der Waals surface area contributed by atoms with Crippen molar-refractivity contribution in [3.05, 3.63) is 36.4 Å². The topological polar surface area (TPSA) is 111 Å². The van der Waals surface area contributed by atoms with Gasteiger partial charge in [0, 0.05) is 0 Å². The summed E-state index contributed by atoms with van der Waals surface area (Å²) in [6.45, 7) is 16.2. The normalized spacial score (nSPS) is 19.7. The molecule has 282 valence electrons. The molecule has 2 heterocycles.